The number of hydrogen-bond acceptors (Lipinski definition) is 7. The SMILES string of the molecule is O=C1CCC(CCCn2cc(CNC(=O)CCCC[C@@H]3SC[C@@H]4NC(=O)N[C@@H]43)nn2)C(=O)C1. The van der Waals surface area contributed by atoms with Crippen LogP contribution in [0.15, 0.2) is 6.20 Å². The second-order valence-electron chi connectivity index (χ2n) is 9.18. The summed E-state index contributed by atoms with van der Waals surface area (Å²) in [7, 11) is 0. The number of nitrogens with one attached hydrogen (secondary N) is 3. The van der Waals surface area contributed by atoms with Crippen LogP contribution in [-0.2, 0) is 27.5 Å². The van der Waals surface area contributed by atoms with Gasteiger partial charge < -0.3 is 16.0 Å². The number of ketones is 2. The Bertz CT molecular complexity index is 890. The summed E-state index contributed by atoms with van der Waals surface area (Å²) in [6.45, 7) is 1.01. The van der Waals surface area contributed by atoms with Crippen LogP contribution in [0.2, 0.25) is 0 Å². The van der Waals surface area contributed by atoms with Gasteiger partial charge in [0.2, 0.25) is 5.91 Å². The summed E-state index contributed by atoms with van der Waals surface area (Å²) in [6.07, 6.45) is 7.92. The summed E-state index contributed by atoms with van der Waals surface area (Å²) in [6, 6.07) is 0.388. The molecule has 3 aliphatic rings. The van der Waals surface area contributed by atoms with Gasteiger partial charge >= 0.3 is 6.03 Å². The van der Waals surface area contributed by atoms with Crippen LogP contribution in [0.5, 0.6) is 0 Å². The van der Waals surface area contributed by atoms with Crippen LogP contribution in [0, 0.1) is 5.92 Å². The van der Waals surface area contributed by atoms with Crippen molar-refractivity contribution in [2.75, 3.05) is 5.75 Å². The van der Waals surface area contributed by atoms with E-state index >= 15 is 0 Å². The molecule has 4 atom stereocenters. The van der Waals surface area contributed by atoms with E-state index in [-0.39, 0.29) is 47.9 Å². The van der Waals surface area contributed by atoms with Crippen LogP contribution in [0.25, 0.3) is 0 Å². The van der Waals surface area contributed by atoms with E-state index in [1.807, 2.05) is 18.0 Å². The maximum atomic E-state index is 12.2. The normalized spacial score (nSPS) is 26.7. The Morgan fingerprint density at radius 1 is 1.18 bits per heavy atom. The van der Waals surface area contributed by atoms with Crippen molar-refractivity contribution in [3.8, 4) is 0 Å². The molecule has 1 aromatic heterocycles. The average Bonchev–Trinajstić information content (AvgIpc) is 3.48. The summed E-state index contributed by atoms with van der Waals surface area (Å²) in [5, 5.41) is 17.5. The van der Waals surface area contributed by atoms with E-state index in [0.29, 0.717) is 43.3 Å². The number of urea groups is 1. The molecular formula is C22H32N6O4S. The highest BCUT2D eigenvalue weighted by atomic mass is 32.2. The topological polar surface area (TPSA) is 135 Å². The van der Waals surface area contributed by atoms with E-state index in [4.69, 9.17) is 0 Å². The molecule has 2 aliphatic heterocycles. The Balaban J connectivity index is 1.07. The van der Waals surface area contributed by atoms with Gasteiger partial charge in [0.1, 0.15) is 17.3 Å². The molecule has 1 aromatic rings. The fourth-order valence-corrected chi connectivity index (χ4v) is 6.35. The van der Waals surface area contributed by atoms with Crippen LogP contribution < -0.4 is 16.0 Å². The molecule has 2 saturated heterocycles. The first-order valence-electron chi connectivity index (χ1n) is 11.9. The van der Waals surface area contributed by atoms with E-state index in [0.717, 1.165) is 37.9 Å². The first-order valence-corrected chi connectivity index (χ1v) is 12.9. The molecule has 0 radical (unpaired) electrons. The molecule has 3 amide bonds. The van der Waals surface area contributed by atoms with Gasteiger partial charge in [-0.3, -0.25) is 19.1 Å². The smallest absolute Gasteiger partial charge is 0.315 e. The third kappa shape index (κ3) is 6.55. The van der Waals surface area contributed by atoms with Gasteiger partial charge in [-0.1, -0.05) is 11.6 Å². The minimum absolute atomic E-state index is 0.00250. The first-order chi connectivity index (χ1) is 16.0. The molecule has 0 spiro atoms. The lowest BCUT2D eigenvalue weighted by Gasteiger charge is -2.19. The lowest BCUT2D eigenvalue weighted by Crippen LogP contribution is -2.36. The van der Waals surface area contributed by atoms with Crippen LogP contribution in [0.3, 0.4) is 0 Å². The van der Waals surface area contributed by atoms with Crippen molar-refractivity contribution < 1.29 is 19.2 Å². The summed E-state index contributed by atoms with van der Waals surface area (Å²) >= 11 is 1.89. The maximum absolute atomic E-state index is 12.2. The van der Waals surface area contributed by atoms with E-state index in [1.54, 1.807) is 4.68 Å². The molecule has 1 saturated carbocycles. The number of amides is 3. The molecule has 10 nitrogen and oxygen atoms in total. The van der Waals surface area contributed by atoms with Crippen molar-refractivity contribution in [1.29, 1.82) is 0 Å². The second kappa shape index (κ2) is 11.1. The van der Waals surface area contributed by atoms with E-state index in [2.05, 4.69) is 26.3 Å². The summed E-state index contributed by atoms with van der Waals surface area (Å²) in [5.41, 5.74) is 0.709. The van der Waals surface area contributed by atoms with Crippen molar-refractivity contribution in [3.63, 3.8) is 0 Å². The third-order valence-corrected chi connectivity index (χ3v) is 8.18. The van der Waals surface area contributed by atoms with Gasteiger partial charge in [0.25, 0.3) is 0 Å². The Labute approximate surface area is 197 Å². The number of carbonyl (C=O) groups is 4. The molecule has 180 valence electrons. The molecule has 3 N–H and O–H groups in total. The van der Waals surface area contributed by atoms with Crippen molar-refractivity contribution >= 4 is 35.3 Å². The van der Waals surface area contributed by atoms with Crippen LogP contribution in [0.1, 0.15) is 63.5 Å². The minimum atomic E-state index is -0.0661. The molecule has 0 aromatic carbocycles. The number of rotatable bonds is 11. The van der Waals surface area contributed by atoms with Crippen molar-refractivity contribution in [3.05, 3.63) is 11.9 Å². The number of Topliss-reactive ketones (excluding diaryl/α,β-unsaturated/α-hetero) is 2. The van der Waals surface area contributed by atoms with E-state index in [9.17, 15) is 19.2 Å². The van der Waals surface area contributed by atoms with Crippen molar-refractivity contribution in [2.24, 2.45) is 5.92 Å². The quantitative estimate of drug-likeness (QED) is 0.249. The van der Waals surface area contributed by atoms with Crippen molar-refractivity contribution in [1.82, 2.24) is 30.9 Å². The number of aromatic nitrogens is 3. The predicted octanol–water partition coefficient (Wildman–Crippen LogP) is 1.34. The number of fused-ring (bicyclic) bond motifs is 1. The summed E-state index contributed by atoms with van der Waals surface area (Å²) in [4.78, 5) is 46.8. The van der Waals surface area contributed by atoms with Gasteiger partial charge in [0.15, 0.2) is 0 Å². The predicted molar refractivity (Wildman–Crippen MR) is 122 cm³/mol. The molecule has 11 heteroatoms. The van der Waals surface area contributed by atoms with Crippen LogP contribution >= 0.6 is 11.8 Å². The fourth-order valence-electron chi connectivity index (χ4n) is 4.81. The third-order valence-electron chi connectivity index (χ3n) is 6.67. The maximum Gasteiger partial charge on any atom is 0.315 e. The number of nitrogens with zero attached hydrogens (tertiary/aromatic N) is 3. The van der Waals surface area contributed by atoms with Gasteiger partial charge in [-0.15, -0.1) is 5.10 Å². The Morgan fingerprint density at radius 3 is 2.91 bits per heavy atom. The average molecular weight is 477 g/mol. The van der Waals surface area contributed by atoms with Crippen molar-refractivity contribution in [2.45, 2.75) is 88.2 Å². The lowest BCUT2D eigenvalue weighted by atomic mass is 9.84. The number of unbranched alkanes of at least 4 members (excludes halogenated alkanes) is 1. The highest BCUT2D eigenvalue weighted by molar-refractivity contribution is 8.00. The number of carbonyl (C=O) groups excluding carboxylic acids is 4. The molecule has 1 aliphatic carbocycles. The van der Waals surface area contributed by atoms with Crippen LogP contribution in [0.4, 0.5) is 4.79 Å². The highest BCUT2D eigenvalue weighted by Crippen LogP contribution is 2.33. The zero-order valence-corrected chi connectivity index (χ0v) is 19.6. The first kappa shape index (κ1) is 23.7. The number of hydrogen-bond donors (Lipinski definition) is 3. The lowest BCUT2D eigenvalue weighted by molar-refractivity contribution is -0.133. The molecule has 3 heterocycles. The molecular weight excluding hydrogens is 444 g/mol. The summed E-state index contributed by atoms with van der Waals surface area (Å²) < 4.78 is 1.74. The second-order valence-corrected chi connectivity index (χ2v) is 10.4. The van der Waals surface area contributed by atoms with Crippen LogP contribution in [-0.4, -0.2) is 61.6 Å². The van der Waals surface area contributed by atoms with Gasteiger partial charge in [-0.2, -0.15) is 11.8 Å². The Hall–Kier alpha value is -2.43. The zero-order chi connectivity index (χ0) is 23.2. The zero-order valence-electron chi connectivity index (χ0n) is 18.8. The van der Waals surface area contributed by atoms with Gasteiger partial charge in [-0.05, 0) is 32.1 Å². The van der Waals surface area contributed by atoms with E-state index < -0.39 is 0 Å². The van der Waals surface area contributed by atoms with E-state index in [1.165, 1.54) is 0 Å². The fraction of sp³-hybridized carbons (Fsp3) is 0.727. The molecule has 1 unspecified atom stereocenters. The van der Waals surface area contributed by atoms with Gasteiger partial charge in [0, 0.05) is 36.3 Å². The standard InChI is InChI=1S/C22H32N6O4S/c29-16-8-7-14(18(30)10-16)4-3-9-28-12-15(26-27-28)11-23-20(31)6-2-1-5-19-21-17(13-33-19)24-22(32)25-21/h12,14,17,19,21H,1-11,13H2,(H,23,31)(H2,24,25,32)/t14?,17-,19-,21-/m0/s1. The Morgan fingerprint density at radius 2 is 2.06 bits per heavy atom. The molecule has 3 fully saturated rings. The Kier molecular flexibility index (Phi) is 8.00. The van der Waals surface area contributed by atoms with Gasteiger partial charge in [-0.25, -0.2) is 4.79 Å². The minimum Gasteiger partial charge on any atom is -0.350 e. The largest absolute Gasteiger partial charge is 0.350 e. The molecule has 4 rings (SSSR count). The summed E-state index contributed by atoms with van der Waals surface area (Å²) in [5.74, 6) is 1.08. The number of aryl methyl sites for hydroxylation is 1. The monoisotopic (exact) mass is 476 g/mol. The molecule has 33 heavy (non-hydrogen) atoms. The number of thioether (sulfide) groups is 1. The van der Waals surface area contributed by atoms with Gasteiger partial charge in [0.05, 0.1) is 31.2 Å². The molecule has 0 bridgehead atoms. The highest BCUT2D eigenvalue weighted by Gasteiger charge is 2.42.